The number of amides is 1. The predicted molar refractivity (Wildman–Crippen MR) is 120 cm³/mol. The maximum absolute atomic E-state index is 12.8. The number of furan rings is 1. The van der Waals surface area contributed by atoms with Crippen LogP contribution in [-0.4, -0.2) is 31.7 Å². The number of anilines is 1. The van der Waals surface area contributed by atoms with Crippen LogP contribution in [0.5, 0.6) is 0 Å². The molecule has 162 valence electrons. The van der Waals surface area contributed by atoms with Gasteiger partial charge in [-0.15, -0.1) is 10.2 Å². The second-order valence-corrected chi connectivity index (χ2v) is 9.14. The highest BCUT2D eigenvalue weighted by molar-refractivity contribution is 8.00. The van der Waals surface area contributed by atoms with Crippen molar-refractivity contribution in [3.63, 3.8) is 0 Å². The molecule has 0 saturated heterocycles. The minimum Gasteiger partial charge on any atom is -0.461 e. The minimum absolute atomic E-state index is 0.0374. The van der Waals surface area contributed by atoms with E-state index in [2.05, 4.69) is 20.1 Å². The van der Waals surface area contributed by atoms with E-state index in [-0.39, 0.29) is 11.7 Å². The van der Waals surface area contributed by atoms with E-state index < -0.39 is 5.25 Å². The number of aromatic nitrogens is 3. The van der Waals surface area contributed by atoms with Crippen molar-refractivity contribution < 1.29 is 14.0 Å². The van der Waals surface area contributed by atoms with Crippen LogP contribution in [0.4, 0.5) is 5.69 Å². The first-order valence-corrected chi connectivity index (χ1v) is 11.5. The molecule has 3 aromatic rings. The standard InChI is InChI=1S/C23H26N4O3S/c1-15(28)17-8-6-9-18(14-17)24-22(29)16(2)31-23-26-25-21(20-12-7-13-30-20)27(23)19-10-4-3-5-11-19/h6-9,12-14,16,19H,3-5,10-11H2,1-2H3,(H,24,29). The molecule has 1 aromatic carbocycles. The van der Waals surface area contributed by atoms with Gasteiger partial charge in [0, 0.05) is 17.3 Å². The lowest BCUT2D eigenvalue weighted by Crippen LogP contribution is -2.23. The first-order chi connectivity index (χ1) is 15.0. The summed E-state index contributed by atoms with van der Waals surface area (Å²) in [6.45, 7) is 3.36. The summed E-state index contributed by atoms with van der Waals surface area (Å²) >= 11 is 1.39. The molecule has 8 heteroatoms. The van der Waals surface area contributed by atoms with Crippen LogP contribution in [0.15, 0.2) is 52.2 Å². The van der Waals surface area contributed by atoms with Gasteiger partial charge in [-0.3, -0.25) is 14.2 Å². The molecular weight excluding hydrogens is 412 g/mol. The summed E-state index contributed by atoms with van der Waals surface area (Å²) in [6.07, 6.45) is 7.36. The SMILES string of the molecule is CC(=O)c1cccc(NC(=O)C(C)Sc2nnc(-c3ccco3)n2C2CCCCC2)c1. The maximum atomic E-state index is 12.8. The molecule has 1 amide bonds. The summed E-state index contributed by atoms with van der Waals surface area (Å²) in [7, 11) is 0. The highest BCUT2D eigenvalue weighted by atomic mass is 32.2. The van der Waals surface area contributed by atoms with Crippen molar-refractivity contribution in [1.82, 2.24) is 14.8 Å². The fourth-order valence-electron chi connectivity index (χ4n) is 3.87. The lowest BCUT2D eigenvalue weighted by molar-refractivity contribution is -0.115. The van der Waals surface area contributed by atoms with Gasteiger partial charge in [-0.25, -0.2) is 0 Å². The van der Waals surface area contributed by atoms with Crippen LogP contribution in [0, 0.1) is 0 Å². The fourth-order valence-corrected chi connectivity index (χ4v) is 4.79. The summed E-state index contributed by atoms with van der Waals surface area (Å²) in [4.78, 5) is 24.4. The van der Waals surface area contributed by atoms with Crippen molar-refractivity contribution in [2.24, 2.45) is 0 Å². The van der Waals surface area contributed by atoms with Crippen molar-refractivity contribution in [3.8, 4) is 11.6 Å². The molecule has 0 aliphatic heterocycles. The molecular formula is C23H26N4O3S. The van der Waals surface area contributed by atoms with Gasteiger partial charge in [0.15, 0.2) is 16.7 Å². The van der Waals surface area contributed by atoms with Crippen LogP contribution < -0.4 is 5.32 Å². The van der Waals surface area contributed by atoms with E-state index in [4.69, 9.17) is 4.42 Å². The van der Waals surface area contributed by atoms with Crippen LogP contribution in [0.3, 0.4) is 0 Å². The van der Waals surface area contributed by atoms with Gasteiger partial charge in [0.25, 0.3) is 0 Å². The Bertz CT molecular complexity index is 1050. The molecule has 2 heterocycles. The summed E-state index contributed by atoms with van der Waals surface area (Å²) < 4.78 is 7.73. The van der Waals surface area contributed by atoms with E-state index in [9.17, 15) is 9.59 Å². The Balaban J connectivity index is 1.53. The van der Waals surface area contributed by atoms with E-state index >= 15 is 0 Å². The van der Waals surface area contributed by atoms with E-state index in [1.165, 1.54) is 37.9 Å². The van der Waals surface area contributed by atoms with Crippen molar-refractivity contribution in [3.05, 3.63) is 48.2 Å². The van der Waals surface area contributed by atoms with Gasteiger partial charge in [-0.1, -0.05) is 43.2 Å². The molecule has 1 atom stereocenters. The molecule has 0 bridgehead atoms. The van der Waals surface area contributed by atoms with Gasteiger partial charge in [-0.05, 0) is 51.0 Å². The van der Waals surface area contributed by atoms with Gasteiger partial charge in [0.1, 0.15) is 0 Å². The quantitative estimate of drug-likeness (QED) is 0.394. The van der Waals surface area contributed by atoms with E-state index in [0.717, 1.165) is 18.0 Å². The van der Waals surface area contributed by atoms with Crippen LogP contribution >= 0.6 is 11.8 Å². The zero-order valence-electron chi connectivity index (χ0n) is 17.7. The first kappa shape index (κ1) is 21.4. The van der Waals surface area contributed by atoms with Crippen molar-refractivity contribution in [2.75, 3.05) is 5.32 Å². The average molecular weight is 439 g/mol. The smallest absolute Gasteiger partial charge is 0.237 e. The van der Waals surface area contributed by atoms with Gasteiger partial charge < -0.3 is 9.73 Å². The number of hydrogen-bond donors (Lipinski definition) is 1. The number of nitrogens with one attached hydrogen (secondary N) is 1. The number of carbonyl (C=O) groups is 2. The molecule has 0 radical (unpaired) electrons. The second-order valence-electron chi connectivity index (χ2n) is 7.83. The summed E-state index contributed by atoms with van der Waals surface area (Å²) in [5, 5.41) is 12.0. The Labute approximate surface area is 185 Å². The number of thioether (sulfide) groups is 1. The van der Waals surface area contributed by atoms with Gasteiger partial charge >= 0.3 is 0 Å². The van der Waals surface area contributed by atoms with Crippen molar-refractivity contribution in [1.29, 1.82) is 0 Å². The second kappa shape index (κ2) is 9.51. The predicted octanol–water partition coefficient (Wildman–Crippen LogP) is 5.37. The number of benzene rings is 1. The molecule has 1 N–H and O–H groups in total. The highest BCUT2D eigenvalue weighted by Gasteiger charge is 2.27. The molecule has 2 aromatic heterocycles. The zero-order valence-corrected chi connectivity index (χ0v) is 18.5. The molecule has 1 unspecified atom stereocenters. The van der Waals surface area contributed by atoms with Crippen LogP contribution in [0.2, 0.25) is 0 Å². The molecule has 4 rings (SSSR count). The number of nitrogens with zero attached hydrogens (tertiary/aromatic N) is 3. The zero-order chi connectivity index (χ0) is 21.8. The Hall–Kier alpha value is -2.87. The number of ketones is 1. The molecule has 1 fully saturated rings. The average Bonchev–Trinajstić information content (AvgIpc) is 3.44. The largest absolute Gasteiger partial charge is 0.461 e. The number of Topliss-reactive ketones (excluding diaryl/α,β-unsaturated/α-hetero) is 1. The Morgan fingerprint density at radius 1 is 1.16 bits per heavy atom. The highest BCUT2D eigenvalue weighted by Crippen LogP contribution is 2.36. The molecule has 1 aliphatic rings. The topological polar surface area (TPSA) is 90.0 Å². The molecule has 0 spiro atoms. The third kappa shape index (κ3) is 4.90. The Morgan fingerprint density at radius 2 is 1.97 bits per heavy atom. The lowest BCUT2D eigenvalue weighted by atomic mass is 9.95. The molecule has 1 aliphatic carbocycles. The van der Waals surface area contributed by atoms with Crippen molar-refractivity contribution >= 4 is 29.1 Å². The van der Waals surface area contributed by atoms with E-state index in [1.54, 1.807) is 30.5 Å². The fraction of sp³-hybridized carbons (Fsp3) is 0.391. The van der Waals surface area contributed by atoms with Gasteiger partial charge in [0.2, 0.25) is 11.7 Å². The summed E-state index contributed by atoms with van der Waals surface area (Å²) in [5.74, 6) is 1.21. The normalized spacial score (nSPS) is 15.5. The third-order valence-electron chi connectivity index (χ3n) is 5.53. The van der Waals surface area contributed by atoms with Crippen molar-refractivity contribution in [2.45, 2.75) is 62.4 Å². The number of hydrogen-bond acceptors (Lipinski definition) is 6. The maximum Gasteiger partial charge on any atom is 0.237 e. The third-order valence-corrected chi connectivity index (χ3v) is 6.59. The summed E-state index contributed by atoms with van der Waals surface area (Å²) in [6, 6.07) is 11.0. The Morgan fingerprint density at radius 3 is 2.68 bits per heavy atom. The van der Waals surface area contributed by atoms with Crippen LogP contribution in [0.25, 0.3) is 11.6 Å². The van der Waals surface area contributed by atoms with E-state index in [1.807, 2.05) is 19.1 Å². The van der Waals surface area contributed by atoms with Gasteiger partial charge in [0.05, 0.1) is 11.5 Å². The van der Waals surface area contributed by atoms with Crippen LogP contribution in [0.1, 0.15) is 62.4 Å². The Kier molecular flexibility index (Phi) is 6.56. The monoisotopic (exact) mass is 438 g/mol. The molecule has 1 saturated carbocycles. The lowest BCUT2D eigenvalue weighted by Gasteiger charge is -2.25. The van der Waals surface area contributed by atoms with Crippen LogP contribution in [-0.2, 0) is 4.79 Å². The van der Waals surface area contributed by atoms with E-state index in [0.29, 0.717) is 28.9 Å². The number of carbonyl (C=O) groups excluding carboxylic acids is 2. The summed E-state index contributed by atoms with van der Waals surface area (Å²) in [5.41, 5.74) is 1.17. The minimum atomic E-state index is -0.392. The first-order valence-electron chi connectivity index (χ1n) is 10.6. The van der Waals surface area contributed by atoms with Gasteiger partial charge in [-0.2, -0.15) is 0 Å². The molecule has 7 nitrogen and oxygen atoms in total. The number of rotatable bonds is 7. The molecule has 31 heavy (non-hydrogen) atoms.